The highest BCUT2D eigenvalue weighted by atomic mass is 16.5. The van der Waals surface area contributed by atoms with Gasteiger partial charge < -0.3 is 25.2 Å². The first-order chi connectivity index (χ1) is 7.88. The molecule has 0 fully saturated rings. The van der Waals surface area contributed by atoms with Gasteiger partial charge in [0, 0.05) is 20.7 Å². The Hall–Kier alpha value is -1.34. The van der Waals surface area contributed by atoms with Crippen molar-refractivity contribution < 1.29 is 24.5 Å². The molecule has 0 saturated heterocycles. The standard InChI is InChI=1S/C10H20N2O5/c1-7(13)4-5-12(2)10(16)11-6-8(17-3)9(14)15/h7-8,13H,4-6H2,1-3H3,(H,11,16)(H,14,15). The molecular formula is C10H20N2O5. The quantitative estimate of drug-likeness (QED) is 0.564. The summed E-state index contributed by atoms with van der Waals surface area (Å²) in [5, 5.41) is 20.2. The molecule has 0 aliphatic carbocycles. The van der Waals surface area contributed by atoms with E-state index < -0.39 is 24.2 Å². The average molecular weight is 248 g/mol. The summed E-state index contributed by atoms with van der Waals surface area (Å²) in [6, 6.07) is -0.394. The van der Waals surface area contributed by atoms with Gasteiger partial charge in [0.05, 0.1) is 12.6 Å². The normalized spacial score (nSPS) is 13.9. The number of aliphatic carboxylic acids is 1. The van der Waals surface area contributed by atoms with E-state index in [1.807, 2.05) is 0 Å². The van der Waals surface area contributed by atoms with Crippen LogP contribution in [0.1, 0.15) is 13.3 Å². The van der Waals surface area contributed by atoms with Gasteiger partial charge in [-0.3, -0.25) is 0 Å². The largest absolute Gasteiger partial charge is 0.479 e. The molecule has 2 atom stereocenters. The van der Waals surface area contributed by atoms with Crippen LogP contribution in [0.15, 0.2) is 0 Å². The number of carboxylic acids is 1. The Morgan fingerprint density at radius 3 is 2.47 bits per heavy atom. The molecule has 0 saturated carbocycles. The number of methoxy groups -OCH3 is 1. The van der Waals surface area contributed by atoms with Gasteiger partial charge in [0.2, 0.25) is 0 Å². The van der Waals surface area contributed by atoms with Gasteiger partial charge in [-0.05, 0) is 13.3 Å². The van der Waals surface area contributed by atoms with Gasteiger partial charge in [-0.15, -0.1) is 0 Å². The summed E-state index contributed by atoms with van der Waals surface area (Å²) in [5.74, 6) is -1.13. The second kappa shape index (κ2) is 7.86. The number of amides is 2. The molecule has 0 bridgehead atoms. The molecule has 17 heavy (non-hydrogen) atoms. The molecule has 3 N–H and O–H groups in total. The fourth-order valence-corrected chi connectivity index (χ4v) is 1.07. The number of nitrogens with zero attached hydrogens (tertiary/aromatic N) is 1. The van der Waals surface area contributed by atoms with Gasteiger partial charge in [-0.1, -0.05) is 0 Å². The number of carbonyl (C=O) groups is 2. The zero-order valence-corrected chi connectivity index (χ0v) is 10.3. The van der Waals surface area contributed by atoms with Crippen molar-refractivity contribution >= 4 is 12.0 Å². The van der Waals surface area contributed by atoms with Crippen molar-refractivity contribution in [2.45, 2.75) is 25.6 Å². The summed E-state index contributed by atoms with van der Waals surface area (Å²) >= 11 is 0. The third-order valence-electron chi connectivity index (χ3n) is 2.23. The molecule has 100 valence electrons. The molecular weight excluding hydrogens is 228 g/mol. The second-order valence-corrected chi connectivity index (χ2v) is 3.81. The molecule has 0 aromatic rings. The lowest BCUT2D eigenvalue weighted by Crippen LogP contribution is -2.44. The first kappa shape index (κ1) is 15.7. The minimum absolute atomic E-state index is 0.0936. The number of urea groups is 1. The van der Waals surface area contributed by atoms with E-state index in [4.69, 9.17) is 10.2 Å². The number of hydrogen-bond acceptors (Lipinski definition) is 4. The molecule has 0 aromatic carbocycles. The number of rotatable bonds is 7. The highest BCUT2D eigenvalue weighted by Crippen LogP contribution is 1.94. The number of hydrogen-bond donors (Lipinski definition) is 3. The molecule has 2 amide bonds. The van der Waals surface area contributed by atoms with Gasteiger partial charge in [0.1, 0.15) is 0 Å². The maximum Gasteiger partial charge on any atom is 0.334 e. The molecule has 0 aliphatic rings. The number of aliphatic hydroxyl groups is 1. The molecule has 0 aromatic heterocycles. The van der Waals surface area contributed by atoms with Crippen LogP contribution < -0.4 is 5.32 Å². The molecule has 0 heterocycles. The van der Waals surface area contributed by atoms with E-state index in [9.17, 15) is 9.59 Å². The summed E-state index contributed by atoms with van der Waals surface area (Å²) in [6.45, 7) is 1.94. The Morgan fingerprint density at radius 1 is 1.47 bits per heavy atom. The van der Waals surface area contributed by atoms with Crippen LogP contribution in [0.3, 0.4) is 0 Å². The Bertz CT molecular complexity index is 257. The van der Waals surface area contributed by atoms with E-state index in [1.54, 1.807) is 14.0 Å². The second-order valence-electron chi connectivity index (χ2n) is 3.81. The van der Waals surface area contributed by atoms with Gasteiger partial charge in [-0.25, -0.2) is 9.59 Å². The molecule has 7 nitrogen and oxygen atoms in total. The molecule has 7 heteroatoms. The van der Waals surface area contributed by atoms with Crippen LogP contribution in [0.25, 0.3) is 0 Å². The van der Waals surface area contributed by atoms with Crippen LogP contribution in [0.5, 0.6) is 0 Å². The SMILES string of the molecule is COC(CNC(=O)N(C)CCC(C)O)C(=O)O. The summed E-state index contributed by atoms with van der Waals surface area (Å²) in [4.78, 5) is 23.5. The van der Waals surface area contributed by atoms with Gasteiger partial charge in [0.15, 0.2) is 6.10 Å². The molecule has 2 unspecified atom stereocenters. The highest BCUT2D eigenvalue weighted by molar-refractivity contribution is 5.76. The highest BCUT2D eigenvalue weighted by Gasteiger charge is 2.18. The van der Waals surface area contributed by atoms with Crippen LogP contribution in [0.2, 0.25) is 0 Å². The van der Waals surface area contributed by atoms with Crippen molar-refractivity contribution in [1.29, 1.82) is 0 Å². The minimum atomic E-state index is -1.13. The summed E-state index contributed by atoms with van der Waals surface area (Å²) in [6.07, 6.45) is -1.06. The average Bonchev–Trinajstić information content (AvgIpc) is 2.25. The fraction of sp³-hybridized carbons (Fsp3) is 0.800. The molecule has 0 radical (unpaired) electrons. The zero-order valence-electron chi connectivity index (χ0n) is 10.3. The van der Waals surface area contributed by atoms with E-state index in [-0.39, 0.29) is 6.54 Å². The zero-order chi connectivity index (χ0) is 13.4. The lowest BCUT2D eigenvalue weighted by atomic mass is 10.3. The Labute approximate surface area is 100 Å². The topological polar surface area (TPSA) is 99.1 Å². The van der Waals surface area contributed by atoms with E-state index in [0.717, 1.165) is 0 Å². The third kappa shape index (κ3) is 6.75. The van der Waals surface area contributed by atoms with Gasteiger partial charge in [0.25, 0.3) is 0 Å². The lowest BCUT2D eigenvalue weighted by Gasteiger charge is -2.20. The van der Waals surface area contributed by atoms with Crippen molar-refractivity contribution in [2.24, 2.45) is 0 Å². The maximum absolute atomic E-state index is 11.5. The molecule has 0 aliphatic heterocycles. The predicted octanol–water partition coefficient (Wildman–Crippen LogP) is -0.502. The van der Waals surface area contributed by atoms with Crippen LogP contribution in [0.4, 0.5) is 4.79 Å². The first-order valence-corrected chi connectivity index (χ1v) is 5.31. The predicted molar refractivity (Wildman–Crippen MR) is 60.8 cm³/mol. The van der Waals surface area contributed by atoms with Crippen LogP contribution in [-0.4, -0.2) is 66.6 Å². The lowest BCUT2D eigenvalue weighted by molar-refractivity contribution is -0.148. The van der Waals surface area contributed by atoms with E-state index in [0.29, 0.717) is 13.0 Å². The third-order valence-corrected chi connectivity index (χ3v) is 2.23. The molecule has 0 spiro atoms. The Balaban J connectivity index is 3.95. The number of aliphatic hydroxyl groups excluding tert-OH is 1. The van der Waals surface area contributed by atoms with Gasteiger partial charge >= 0.3 is 12.0 Å². The van der Waals surface area contributed by atoms with Crippen LogP contribution in [-0.2, 0) is 9.53 Å². The number of carbonyl (C=O) groups excluding carboxylic acids is 1. The van der Waals surface area contributed by atoms with Crippen molar-refractivity contribution in [3.8, 4) is 0 Å². The van der Waals surface area contributed by atoms with Crippen LogP contribution >= 0.6 is 0 Å². The van der Waals surface area contributed by atoms with Crippen LogP contribution in [0, 0.1) is 0 Å². The van der Waals surface area contributed by atoms with Gasteiger partial charge in [-0.2, -0.15) is 0 Å². The minimum Gasteiger partial charge on any atom is -0.479 e. The molecule has 0 rings (SSSR count). The number of carboxylic acid groups (broad SMARTS) is 1. The number of ether oxygens (including phenoxy) is 1. The Kier molecular flexibility index (Phi) is 7.24. The fourth-order valence-electron chi connectivity index (χ4n) is 1.07. The number of nitrogens with one attached hydrogen (secondary N) is 1. The van der Waals surface area contributed by atoms with E-state index in [2.05, 4.69) is 10.1 Å². The monoisotopic (exact) mass is 248 g/mol. The van der Waals surface area contributed by atoms with Crippen molar-refractivity contribution in [1.82, 2.24) is 10.2 Å². The van der Waals surface area contributed by atoms with Crippen molar-refractivity contribution in [2.75, 3.05) is 27.2 Å². The van der Waals surface area contributed by atoms with E-state index >= 15 is 0 Å². The first-order valence-electron chi connectivity index (χ1n) is 5.31. The Morgan fingerprint density at radius 2 is 2.06 bits per heavy atom. The van der Waals surface area contributed by atoms with E-state index in [1.165, 1.54) is 12.0 Å². The smallest absolute Gasteiger partial charge is 0.334 e. The summed E-state index contributed by atoms with van der Waals surface area (Å²) in [5.41, 5.74) is 0. The summed E-state index contributed by atoms with van der Waals surface area (Å²) < 4.78 is 4.67. The van der Waals surface area contributed by atoms with Crippen molar-refractivity contribution in [3.63, 3.8) is 0 Å². The summed E-state index contributed by atoms with van der Waals surface area (Å²) in [7, 11) is 2.84. The van der Waals surface area contributed by atoms with Crippen molar-refractivity contribution in [3.05, 3.63) is 0 Å². The maximum atomic E-state index is 11.5.